The highest BCUT2D eigenvalue weighted by Gasteiger charge is 2.53. The normalized spacial score (nSPS) is 24.9. The molecule has 0 unspecified atom stereocenters. The zero-order chi connectivity index (χ0) is 31.1. The molecule has 21 heteroatoms. The van der Waals surface area contributed by atoms with Gasteiger partial charge in [0.1, 0.15) is 30.2 Å². The number of carboxylic acid groups (broad SMARTS) is 2. The zero-order valence-corrected chi connectivity index (χ0v) is 22.5. The number of aliphatic hydroxyl groups is 1. The SMILES string of the molecule is Nc1ncnc2c1ncn2[C@@H]1O[C@@H]2CO[P@](=O)(OCc3ccc(C(=O)N(CC(=O)[O-])CC(=O)[O-])cc3[N+](=O)[O-])O[C@H]2[C@H]1O. The molecule has 2 aliphatic rings. The summed E-state index contributed by atoms with van der Waals surface area (Å²) in [6, 6.07) is 2.87. The molecule has 1 amide bonds. The van der Waals surface area contributed by atoms with E-state index in [9.17, 15) is 44.4 Å². The van der Waals surface area contributed by atoms with Gasteiger partial charge in [0.15, 0.2) is 17.7 Å². The highest BCUT2D eigenvalue weighted by Crippen LogP contribution is 2.57. The number of nitrogen functional groups attached to an aromatic ring is 1. The van der Waals surface area contributed by atoms with Crippen molar-refractivity contribution in [2.75, 3.05) is 25.4 Å². The Bertz CT molecular complexity index is 1650. The van der Waals surface area contributed by atoms with Gasteiger partial charge < -0.3 is 40.3 Å². The second kappa shape index (κ2) is 11.6. The Kier molecular flexibility index (Phi) is 8.06. The van der Waals surface area contributed by atoms with Gasteiger partial charge in [-0.15, -0.1) is 0 Å². The molecule has 4 heterocycles. The second-order valence-electron chi connectivity index (χ2n) is 9.23. The van der Waals surface area contributed by atoms with Crippen molar-refractivity contribution in [1.82, 2.24) is 24.4 Å². The fourth-order valence-electron chi connectivity index (χ4n) is 4.51. The first-order valence-electron chi connectivity index (χ1n) is 12.2. The molecular formula is C22H20N7O13P-2. The average molecular weight is 621 g/mol. The van der Waals surface area contributed by atoms with E-state index in [0.717, 1.165) is 18.2 Å². The van der Waals surface area contributed by atoms with Gasteiger partial charge in [-0.25, -0.2) is 19.5 Å². The molecule has 5 rings (SSSR count). The van der Waals surface area contributed by atoms with E-state index in [4.69, 9.17) is 24.0 Å². The lowest BCUT2D eigenvalue weighted by atomic mass is 10.1. The Balaban J connectivity index is 1.30. The van der Waals surface area contributed by atoms with Crippen molar-refractivity contribution < 1.29 is 57.5 Å². The molecule has 2 fully saturated rings. The minimum Gasteiger partial charge on any atom is -0.548 e. The van der Waals surface area contributed by atoms with Gasteiger partial charge in [-0.3, -0.25) is 33.0 Å². The first-order chi connectivity index (χ1) is 20.4. The minimum atomic E-state index is -4.43. The highest BCUT2D eigenvalue weighted by atomic mass is 31.2. The molecule has 3 N–H and O–H groups in total. The van der Waals surface area contributed by atoms with Crippen LogP contribution >= 0.6 is 7.82 Å². The number of carbonyl (C=O) groups excluding carboxylic acids is 3. The largest absolute Gasteiger partial charge is 0.548 e. The first kappa shape index (κ1) is 29.9. The van der Waals surface area contributed by atoms with Gasteiger partial charge in [0.25, 0.3) is 11.6 Å². The summed E-state index contributed by atoms with van der Waals surface area (Å²) >= 11 is 0. The molecule has 1 aromatic carbocycles. The van der Waals surface area contributed by atoms with Crippen LogP contribution in [0.5, 0.6) is 0 Å². The molecule has 3 aromatic rings. The Labute approximate surface area is 239 Å². The summed E-state index contributed by atoms with van der Waals surface area (Å²) in [5.74, 6) is -4.60. The van der Waals surface area contributed by atoms with Crippen LogP contribution in [0.25, 0.3) is 11.2 Å². The Hall–Kier alpha value is -4.59. The topological polar surface area (TPSA) is 288 Å². The summed E-state index contributed by atoms with van der Waals surface area (Å²) in [7, 11) is -4.43. The maximum Gasteiger partial charge on any atom is 0.475 e. The van der Waals surface area contributed by atoms with Crippen molar-refractivity contribution in [2.24, 2.45) is 0 Å². The number of nitrogens with two attached hydrogens (primary N) is 1. The lowest BCUT2D eigenvalue weighted by Gasteiger charge is -2.30. The molecule has 0 bridgehead atoms. The van der Waals surface area contributed by atoms with E-state index in [1.165, 1.54) is 17.2 Å². The molecule has 2 saturated heterocycles. The van der Waals surface area contributed by atoms with E-state index in [-0.39, 0.29) is 29.2 Å². The van der Waals surface area contributed by atoms with Crippen molar-refractivity contribution in [1.29, 1.82) is 0 Å². The lowest BCUT2D eigenvalue weighted by Crippen LogP contribution is -2.47. The van der Waals surface area contributed by atoms with Crippen LogP contribution in [0.2, 0.25) is 0 Å². The fraction of sp³-hybridized carbons (Fsp3) is 0.364. The third-order valence-electron chi connectivity index (χ3n) is 6.45. The molecule has 2 aliphatic heterocycles. The standard InChI is InChI=1S/C22H22N7O13P/c23-19-16-20(25-8-24-19)28(9-26-16)22-17(34)18-13(41-22)7-40-43(38,42-18)39-6-11-2-1-10(3-12(11)29(36)37)21(35)27(4-14(30)31)5-15(32)33/h1-3,8-9,13,17-18,22,34H,4-7H2,(H,30,31)(H,32,33)(H2,23,24,25)/p-2/t13-,17-,18-,22-,43+/m1/s1. The number of rotatable bonds is 10. The van der Waals surface area contributed by atoms with Crippen LogP contribution < -0.4 is 15.9 Å². The van der Waals surface area contributed by atoms with Gasteiger partial charge in [0.05, 0.1) is 55.1 Å². The predicted molar refractivity (Wildman–Crippen MR) is 132 cm³/mol. The number of ether oxygens (including phenoxy) is 1. The van der Waals surface area contributed by atoms with Gasteiger partial charge in [0, 0.05) is 11.6 Å². The highest BCUT2D eigenvalue weighted by molar-refractivity contribution is 7.48. The van der Waals surface area contributed by atoms with Crippen molar-refractivity contribution in [2.45, 2.75) is 31.1 Å². The van der Waals surface area contributed by atoms with Gasteiger partial charge in [-0.2, -0.15) is 0 Å². The van der Waals surface area contributed by atoms with E-state index in [1.807, 2.05) is 0 Å². The Morgan fingerprint density at radius 2 is 1.93 bits per heavy atom. The number of amides is 1. The number of nitrogens with zero attached hydrogens (tertiary/aromatic N) is 6. The number of aliphatic hydroxyl groups excluding tert-OH is 1. The summed E-state index contributed by atoms with van der Waals surface area (Å²) in [5.41, 5.74) is 5.00. The maximum atomic E-state index is 13.3. The first-order valence-corrected chi connectivity index (χ1v) is 13.6. The lowest BCUT2D eigenvalue weighted by molar-refractivity contribution is -0.385. The van der Waals surface area contributed by atoms with E-state index in [0.29, 0.717) is 4.90 Å². The number of carboxylic acids is 2. The van der Waals surface area contributed by atoms with E-state index in [1.54, 1.807) is 0 Å². The number of phosphoric ester groups is 1. The van der Waals surface area contributed by atoms with Gasteiger partial charge >= 0.3 is 7.82 Å². The molecule has 0 aliphatic carbocycles. The number of nitro benzene ring substituents is 1. The van der Waals surface area contributed by atoms with Crippen LogP contribution in [-0.2, 0) is 39.1 Å². The molecule has 228 valence electrons. The minimum absolute atomic E-state index is 0.102. The van der Waals surface area contributed by atoms with Gasteiger partial charge in [0.2, 0.25) is 0 Å². The van der Waals surface area contributed by atoms with E-state index in [2.05, 4.69) is 15.0 Å². The zero-order valence-electron chi connectivity index (χ0n) is 21.6. The van der Waals surface area contributed by atoms with Crippen molar-refractivity contribution in [3.63, 3.8) is 0 Å². The number of hydrogen-bond donors (Lipinski definition) is 2. The second-order valence-corrected chi connectivity index (χ2v) is 10.9. The van der Waals surface area contributed by atoms with Crippen molar-refractivity contribution in [3.05, 3.63) is 52.1 Å². The molecule has 5 atom stereocenters. The van der Waals surface area contributed by atoms with E-state index < -0.39 is 86.1 Å². The number of phosphoric acid groups is 1. The monoisotopic (exact) mass is 621 g/mol. The quantitative estimate of drug-likeness (QED) is 0.132. The Morgan fingerprint density at radius 1 is 1.21 bits per heavy atom. The summed E-state index contributed by atoms with van der Waals surface area (Å²) in [6.45, 7) is -3.28. The van der Waals surface area contributed by atoms with Crippen LogP contribution in [0.1, 0.15) is 22.1 Å². The van der Waals surface area contributed by atoms with Crippen LogP contribution in [0.4, 0.5) is 11.5 Å². The van der Waals surface area contributed by atoms with Crippen molar-refractivity contribution in [3.8, 4) is 0 Å². The Morgan fingerprint density at radius 3 is 2.60 bits per heavy atom. The number of anilines is 1. The van der Waals surface area contributed by atoms with Crippen LogP contribution in [0, 0.1) is 10.1 Å². The van der Waals surface area contributed by atoms with Gasteiger partial charge in [-0.1, -0.05) is 0 Å². The maximum absolute atomic E-state index is 13.3. The molecule has 2 aromatic heterocycles. The average Bonchev–Trinajstić information content (AvgIpc) is 3.52. The number of aromatic nitrogens is 4. The fourth-order valence-corrected chi connectivity index (χ4v) is 5.89. The summed E-state index contributed by atoms with van der Waals surface area (Å²) in [5, 5.41) is 44.5. The van der Waals surface area contributed by atoms with Gasteiger partial charge in [-0.05, 0) is 12.1 Å². The summed E-state index contributed by atoms with van der Waals surface area (Å²) < 4.78 is 36.4. The summed E-state index contributed by atoms with van der Waals surface area (Å²) in [6.07, 6.45) is -2.10. The molecule has 0 radical (unpaired) electrons. The molecular weight excluding hydrogens is 601 g/mol. The van der Waals surface area contributed by atoms with Crippen LogP contribution in [0.15, 0.2) is 30.9 Å². The predicted octanol–water partition coefficient (Wildman–Crippen LogP) is -2.74. The summed E-state index contributed by atoms with van der Waals surface area (Å²) in [4.78, 5) is 57.7. The number of carbonyl (C=O) groups is 3. The number of aliphatic carboxylic acids is 2. The van der Waals surface area contributed by atoms with Crippen molar-refractivity contribution >= 4 is 48.3 Å². The van der Waals surface area contributed by atoms with Crippen LogP contribution in [0.3, 0.4) is 0 Å². The number of imidazole rings is 1. The molecule has 20 nitrogen and oxygen atoms in total. The third-order valence-corrected chi connectivity index (χ3v) is 7.86. The number of nitro groups is 1. The smallest absolute Gasteiger partial charge is 0.475 e. The number of hydrogen-bond acceptors (Lipinski definition) is 17. The van der Waals surface area contributed by atoms with E-state index >= 15 is 0 Å². The molecule has 0 saturated carbocycles. The number of benzene rings is 1. The van der Waals surface area contributed by atoms with Crippen LogP contribution in [-0.4, -0.2) is 90.3 Å². The molecule has 43 heavy (non-hydrogen) atoms. The third kappa shape index (κ3) is 6.00. The molecule has 0 spiro atoms. The number of fused-ring (bicyclic) bond motifs is 2.